The van der Waals surface area contributed by atoms with E-state index in [1.807, 2.05) is 0 Å². The summed E-state index contributed by atoms with van der Waals surface area (Å²) in [5.74, 6) is -2.10. The minimum absolute atomic E-state index is 0.0304. The summed E-state index contributed by atoms with van der Waals surface area (Å²) in [5.41, 5.74) is 0.796. The smallest absolute Gasteiger partial charge is 0.317 e. The first-order valence-electron chi connectivity index (χ1n) is 8.23. The number of rotatable bonds is 4. The van der Waals surface area contributed by atoms with Gasteiger partial charge in [-0.25, -0.2) is 9.18 Å². The number of benzene rings is 1. The predicted octanol–water partition coefficient (Wildman–Crippen LogP) is 1.04. The van der Waals surface area contributed by atoms with E-state index in [1.165, 1.54) is 12.1 Å². The second-order valence-electron chi connectivity index (χ2n) is 6.46. The van der Waals surface area contributed by atoms with E-state index >= 15 is 0 Å². The number of carboxylic acids is 1. The number of amides is 3. The van der Waals surface area contributed by atoms with Gasteiger partial charge in [0, 0.05) is 32.6 Å². The van der Waals surface area contributed by atoms with Crippen LogP contribution in [0.25, 0.3) is 0 Å². The van der Waals surface area contributed by atoms with Crippen molar-refractivity contribution in [2.75, 3.05) is 19.6 Å². The molecular formula is C17H20FN3O4. The number of aliphatic carboxylic acids is 1. The van der Waals surface area contributed by atoms with Crippen LogP contribution in [0, 0.1) is 11.7 Å². The van der Waals surface area contributed by atoms with Crippen LogP contribution < -0.4 is 5.32 Å². The summed E-state index contributed by atoms with van der Waals surface area (Å²) in [6, 6.07) is 5.52. The Bertz CT molecular complexity index is 679. The fraction of sp³-hybridized carbons (Fsp3) is 0.471. The molecule has 8 heteroatoms. The molecule has 2 N–H and O–H groups in total. The lowest BCUT2D eigenvalue weighted by Gasteiger charge is -2.24. The van der Waals surface area contributed by atoms with Gasteiger partial charge in [0.2, 0.25) is 5.91 Å². The van der Waals surface area contributed by atoms with E-state index in [2.05, 4.69) is 5.32 Å². The van der Waals surface area contributed by atoms with Gasteiger partial charge < -0.3 is 20.2 Å². The summed E-state index contributed by atoms with van der Waals surface area (Å²) < 4.78 is 12.9. The standard InChI is InChI=1S/C17H20FN3O4/c18-13-3-1-11(2-4-13)8-19-17(25)20-6-5-14(10-20)21-9-12(16(23)24)7-15(21)22/h1-4,12,14H,5-10H2,(H,19,25)(H,23,24). The number of nitrogens with one attached hydrogen (secondary N) is 1. The van der Waals surface area contributed by atoms with Crippen LogP contribution in [0.2, 0.25) is 0 Å². The second kappa shape index (κ2) is 7.08. The molecule has 2 unspecified atom stereocenters. The molecule has 2 saturated heterocycles. The average Bonchev–Trinajstić information content (AvgIpc) is 3.20. The van der Waals surface area contributed by atoms with E-state index in [-0.39, 0.29) is 36.8 Å². The fourth-order valence-corrected chi connectivity index (χ4v) is 3.32. The van der Waals surface area contributed by atoms with E-state index < -0.39 is 11.9 Å². The van der Waals surface area contributed by atoms with Crippen molar-refractivity contribution >= 4 is 17.9 Å². The summed E-state index contributed by atoms with van der Waals surface area (Å²) >= 11 is 0. The van der Waals surface area contributed by atoms with Gasteiger partial charge in [0.15, 0.2) is 0 Å². The first kappa shape index (κ1) is 17.2. The Hall–Kier alpha value is -2.64. The summed E-state index contributed by atoms with van der Waals surface area (Å²) in [5, 5.41) is 11.8. The molecule has 3 amide bonds. The van der Waals surface area contributed by atoms with Crippen LogP contribution >= 0.6 is 0 Å². The quantitative estimate of drug-likeness (QED) is 0.850. The van der Waals surface area contributed by atoms with Crippen molar-refractivity contribution in [1.29, 1.82) is 0 Å². The van der Waals surface area contributed by atoms with Crippen molar-refractivity contribution < 1.29 is 23.9 Å². The third kappa shape index (κ3) is 3.89. The average molecular weight is 349 g/mol. The lowest BCUT2D eigenvalue weighted by Crippen LogP contribution is -2.42. The highest BCUT2D eigenvalue weighted by atomic mass is 19.1. The minimum atomic E-state index is -0.956. The van der Waals surface area contributed by atoms with Gasteiger partial charge in [-0.05, 0) is 24.1 Å². The number of halogens is 1. The van der Waals surface area contributed by atoms with Crippen LogP contribution in [0.15, 0.2) is 24.3 Å². The van der Waals surface area contributed by atoms with Crippen molar-refractivity contribution in [3.63, 3.8) is 0 Å². The minimum Gasteiger partial charge on any atom is -0.481 e. The molecule has 1 aromatic carbocycles. The van der Waals surface area contributed by atoms with Gasteiger partial charge in [0.25, 0.3) is 0 Å². The number of hydrogen-bond donors (Lipinski definition) is 2. The Morgan fingerprint density at radius 2 is 1.96 bits per heavy atom. The molecule has 2 aliphatic heterocycles. The lowest BCUT2D eigenvalue weighted by atomic mass is 10.1. The van der Waals surface area contributed by atoms with Crippen LogP contribution in [0.1, 0.15) is 18.4 Å². The molecular weight excluding hydrogens is 329 g/mol. The third-order valence-electron chi connectivity index (χ3n) is 4.76. The van der Waals surface area contributed by atoms with E-state index in [9.17, 15) is 18.8 Å². The maximum atomic E-state index is 12.9. The van der Waals surface area contributed by atoms with Crippen molar-refractivity contribution in [1.82, 2.24) is 15.1 Å². The van der Waals surface area contributed by atoms with Gasteiger partial charge >= 0.3 is 12.0 Å². The second-order valence-corrected chi connectivity index (χ2v) is 6.46. The Morgan fingerprint density at radius 3 is 2.60 bits per heavy atom. The summed E-state index contributed by atoms with van der Waals surface area (Å²) in [7, 11) is 0. The lowest BCUT2D eigenvalue weighted by molar-refractivity contribution is -0.141. The van der Waals surface area contributed by atoms with Crippen molar-refractivity contribution in [3.8, 4) is 0 Å². The van der Waals surface area contributed by atoms with Gasteiger partial charge in [-0.2, -0.15) is 0 Å². The molecule has 0 aromatic heterocycles. The van der Waals surface area contributed by atoms with Gasteiger partial charge in [-0.1, -0.05) is 12.1 Å². The maximum Gasteiger partial charge on any atom is 0.317 e. The molecule has 0 spiro atoms. The molecule has 0 saturated carbocycles. The van der Waals surface area contributed by atoms with Crippen molar-refractivity contribution in [3.05, 3.63) is 35.6 Å². The highest BCUT2D eigenvalue weighted by Crippen LogP contribution is 2.25. The molecule has 3 rings (SSSR count). The van der Waals surface area contributed by atoms with Crippen LogP contribution in [0.5, 0.6) is 0 Å². The number of urea groups is 1. The number of hydrogen-bond acceptors (Lipinski definition) is 3. The predicted molar refractivity (Wildman–Crippen MR) is 86.1 cm³/mol. The Morgan fingerprint density at radius 1 is 1.24 bits per heavy atom. The van der Waals surface area contributed by atoms with Crippen LogP contribution in [-0.2, 0) is 16.1 Å². The molecule has 25 heavy (non-hydrogen) atoms. The van der Waals surface area contributed by atoms with Crippen molar-refractivity contribution in [2.24, 2.45) is 5.92 Å². The van der Waals surface area contributed by atoms with Gasteiger partial charge in [0.05, 0.1) is 12.0 Å². The largest absolute Gasteiger partial charge is 0.481 e. The number of carbonyl (C=O) groups is 3. The van der Waals surface area contributed by atoms with E-state index in [4.69, 9.17) is 5.11 Å². The molecule has 0 radical (unpaired) electrons. The highest BCUT2D eigenvalue weighted by molar-refractivity contribution is 5.86. The monoisotopic (exact) mass is 349 g/mol. The molecule has 2 heterocycles. The van der Waals surface area contributed by atoms with E-state index in [0.29, 0.717) is 26.1 Å². The fourth-order valence-electron chi connectivity index (χ4n) is 3.32. The molecule has 2 atom stereocenters. The number of nitrogens with zero attached hydrogens (tertiary/aromatic N) is 2. The molecule has 2 aliphatic rings. The summed E-state index contributed by atoms with van der Waals surface area (Å²) in [6.45, 7) is 1.42. The molecule has 134 valence electrons. The van der Waals surface area contributed by atoms with Crippen LogP contribution in [0.4, 0.5) is 9.18 Å². The number of likely N-dealkylation sites (tertiary alicyclic amines) is 2. The van der Waals surface area contributed by atoms with Crippen LogP contribution in [0.3, 0.4) is 0 Å². The maximum absolute atomic E-state index is 12.9. The van der Waals surface area contributed by atoms with Gasteiger partial charge in [-0.3, -0.25) is 9.59 Å². The number of carboxylic acid groups (broad SMARTS) is 1. The first-order valence-corrected chi connectivity index (χ1v) is 8.23. The Balaban J connectivity index is 1.50. The zero-order chi connectivity index (χ0) is 18.0. The molecule has 0 bridgehead atoms. The van der Waals surface area contributed by atoms with E-state index in [1.54, 1.807) is 21.9 Å². The van der Waals surface area contributed by atoms with Crippen LogP contribution in [-0.4, -0.2) is 58.5 Å². The topological polar surface area (TPSA) is 90.0 Å². The third-order valence-corrected chi connectivity index (χ3v) is 4.76. The SMILES string of the molecule is O=C(O)C1CC(=O)N(C2CCN(C(=O)NCc3ccc(F)cc3)C2)C1. The normalized spacial score (nSPS) is 23.2. The summed E-state index contributed by atoms with van der Waals surface area (Å²) in [6.07, 6.45) is 0.671. The molecule has 2 fully saturated rings. The summed E-state index contributed by atoms with van der Waals surface area (Å²) in [4.78, 5) is 38.5. The van der Waals surface area contributed by atoms with Gasteiger partial charge in [0.1, 0.15) is 5.82 Å². The zero-order valence-corrected chi connectivity index (χ0v) is 13.7. The zero-order valence-electron chi connectivity index (χ0n) is 13.7. The Kier molecular flexibility index (Phi) is 4.87. The molecule has 1 aromatic rings. The van der Waals surface area contributed by atoms with Crippen molar-refractivity contribution in [2.45, 2.75) is 25.4 Å². The molecule has 7 nitrogen and oxygen atoms in total. The first-order chi connectivity index (χ1) is 11.9. The Labute approximate surface area is 144 Å². The highest BCUT2D eigenvalue weighted by Gasteiger charge is 2.40. The number of carbonyl (C=O) groups excluding carboxylic acids is 2. The van der Waals surface area contributed by atoms with E-state index in [0.717, 1.165) is 5.56 Å². The molecule has 0 aliphatic carbocycles. The van der Waals surface area contributed by atoms with Gasteiger partial charge in [-0.15, -0.1) is 0 Å².